The monoisotopic (exact) mass is 1160 g/mol. The molecule has 0 rings (SSSR count). The van der Waals surface area contributed by atoms with Gasteiger partial charge in [-0.25, -0.2) is 0 Å². The Hall–Kier alpha value is 2.64. The Morgan fingerprint density at radius 2 is 0.583 bits per heavy atom. The summed E-state index contributed by atoms with van der Waals surface area (Å²) < 4.78 is 1.90. The van der Waals surface area contributed by atoms with Crippen molar-refractivity contribution in [1.82, 2.24) is 20.9 Å². The molecule has 0 radical (unpaired) electrons. The summed E-state index contributed by atoms with van der Waals surface area (Å²) in [5.41, 5.74) is 0.645. The second kappa shape index (κ2) is 39.9. The van der Waals surface area contributed by atoms with E-state index < -0.39 is 0 Å². The van der Waals surface area contributed by atoms with Gasteiger partial charge in [0.05, 0.1) is 0 Å². The van der Waals surface area contributed by atoms with E-state index in [1.807, 2.05) is 0 Å². The lowest BCUT2D eigenvalue weighted by molar-refractivity contribution is 0.250. The molecule has 0 aromatic carbocycles. The lowest BCUT2D eigenvalue weighted by Crippen LogP contribution is -2.46. The van der Waals surface area contributed by atoms with Crippen LogP contribution in [0.4, 0.5) is 0 Å². The molecule has 0 spiro atoms. The van der Waals surface area contributed by atoms with Crippen molar-refractivity contribution >= 4 is 94.1 Å². The zero-order valence-electron chi connectivity index (χ0n) is 54.4. The van der Waals surface area contributed by atoms with E-state index in [0.29, 0.717) is 47.9 Å². The molecule has 0 aliphatic heterocycles. The van der Waals surface area contributed by atoms with Crippen LogP contribution < -0.4 is 16.0 Å². The first-order valence-corrected chi connectivity index (χ1v) is 36.2. The topological polar surface area (TPSA) is 39.3 Å². The first-order valence-electron chi connectivity index (χ1n) is 28.1. The van der Waals surface area contributed by atoms with Gasteiger partial charge in [-0.05, 0) is 128 Å². The van der Waals surface area contributed by atoms with Crippen molar-refractivity contribution in [2.45, 2.75) is 321 Å². The number of thioether (sulfide) groups is 8. The lowest BCUT2D eigenvalue weighted by Gasteiger charge is -2.30. The first kappa shape index (κ1) is 81.1. The minimum Gasteiger partial charge on any atom is -0.309 e. The first-order chi connectivity index (χ1) is 32.0. The van der Waals surface area contributed by atoms with E-state index in [2.05, 4.69) is 337 Å². The second-order valence-electron chi connectivity index (χ2n) is 28.7. The summed E-state index contributed by atoms with van der Waals surface area (Å²) in [4.78, 5) is 2.61. The van der Waals surface area contributed by atoms with Gasteiger partial charge in [0.25, 0.3) is 0 Å². The van der Waals surface area contributed by atoms with E-state index in [0.717, 1.165) is 15.7 Å². The fourth-order valence-electron chi connectivity index (χ4n) is 6.43. The number of hydrogen-bond acceptors (Lipinski definition) is 12. The van der Waals surface area contributed by atoms with Crippen LogP contribution in [0, 0.1) is 0 Å². The zero-order valence-corrected chi connectivity index (χ0v) is 61.0. The summed E-state index contributed by atoms with van der Waals surface area (Å²) in [5.74, 6) is 9.87. The van der Waals surface area contributed by atoms with E-state index in [9.17, 15) is 0 Å². The van der Waals surface area contributed by atoms with Crippen LogP contribution in [0.3, 0.4) is 0 Å². The Morgan fingerprint density at radius 3 is 0.889 bits per heavy atom. The number of rotatable bonds is 28. The predicted molar refractivity (Wildman–Crippen MR) is 364 cm³/mol. The molecule has 4 nitrogen and oxygen atoms in total. The third kappa shape index (κ3) is 72.6. The van der Waals surface area contributed by atoms with Crippen molar-refractivity contribution < 1.29 is 0 Å². The number of nitrogens with one attached hydrogen (secondary N) is 3. The highest BCUT2D eigenvalue weighted by atomic mass is 32.2. The minimum absolute atomic E-state index is 0.209. The van der Waals surface area contributed by atoms with Crippen LogP contribution in [0.5, 0.6) is 0 Å². The van der Waals surface area contributed by atoms with Crippen LogP contribution in [0.15, 0.2) is 0 Å². The fraction of sp³-hybridized carbons (Fsp3) is 1.00. The van der Waals surface area contributed by atoms with E-state index in [4.69, 9.17) is 0 Å². The highest BCUT2D eigenvalue weighted by Crippen LogP contribution is 2.29. The summed E-state index contributed by atoms with van der Waals surface area (Å²) in [7, 11) is 0. The van der Waals surface area contributed by atoms with Crippen LogP contribution >= 0.6 is 94.1 Å². The molecule has 440 valence electrons. The summed E-state index contributed by atoms with van der Waals surface area (Å²) in [6.45, 7) is 75.5. The summed E-state index contributed by atoms with van der Waals surface area (Å²) >= 11 is 16.6. The summed E-state index contributed by atoms with van der Waals surface area (Å²) in [6.07, 6.45) is 3.83. The fourth-order valence-corrected chi connectivity index (χ4v) is 13.9. The normalized spacial score (nSPS) is 14.8. The molecule has 12 heteroatoms. The van der Waals surface area contributed by atoms with Crippen molar-refractivity contribution in [3.8, 4) is 0 Å². The Bertz CT molecular complexity index is 1220. The maximum atomic E-state index is 3.79. The highest BCUT2D eigenvalue weighted by Gasteiger charge is 2.23. The molecular formula is C60H132N4S8. The quantitative estimate of drug-likeness (QED) is 0.0699. The number of hydrogen-bond donors (Lipinski definition) is 3. The summed E-state index contributed by atoms with van der Waals surface area (Å²) in [5, 5.41) is 13.5. The molecular weight excluding hydrogens is 1030 g/mol. The van der Waals surface area contributed by atoms with Crippen molar-refractivity contribution in [2.24, 2.45) is 0 Å². The van der Waals surface area contributed by atoms with Gasteiger partial charge >= 0.3 is 0 Å². The van der Waals surface area contributed by atoms with E-state index >= 15 is 0 Å². The van der Waals surface area contributed by atoms with Gasteiger partial charge in [0.1, 0.15) is 0 Å². The molecule has 0 heterocycles. The average Bonchev–Trinajstić information content (AvgIpc) is 3.11. The molecule has 3 atom stereocenters. The van der Waals surface area contributed by atoms with Crippen LogP contribution in [0.1, 0.15) is 241 Å². The third-order valence-corrected chi connectivity index (χ3v) is 19.6. The molecule has 3 unspecified atom stereocenters. The van der Waals surface area contributed by atoms with Crippen LogP contribution in [-0.2, 0) is 0 Å². The average molecular weight is 1170 g/mol. The summed E-state index contributed by atoms with van der Waals surface area (Å²) in [6, 6.07) is 2.54. The van der Waals surface area contributed by atoms with Crippen LogP contribution in [0.2, 0.25) is 0 Å². The Kier molecular flexibility index (Phi) is 45.0. The predicted octanol–water partition coefficient (Wildman–Crippen LogP) is 19.2. The molecule has 0 saturated carbocycles. The molecule has 0 fully saturated rings. The van der Waals surface area contributed by atoms with Gasteiger partial charge in [-0.15, -0.1) is 0 Å². The molecule has 72 heavy (non-hydrogen) atoms. The van der Waals surface area contributed by atoms with Gasteiger partial charge in [0.15, 0.2) is 0 Å². The van der Waals surface area contributed by atoms with Gasteiger partial charge in [-0.2, -0.15) is 94.1 Å². The molecule has 0 aromatic heterocycles. The highest BCUT2D eigenvalue weighted by molar-refractivity contribution is 8.02. The van der Waals surface area contributed by atoms with E-state index in [1.165, 1.54) is 78.4 Å². The molecule has 3 N–H and O–H groups in total. The molecule has 0 aliphatic rings. The van der Waals surface area contributed by atoms with Crippen LogP contribution in [0.25, 0.3) is 0 Å². The second-order valence-corrected chi connectivity index (χ2v) is 43.2. The van der Waals surface area contributed by atoms with Crippen molar-refractivity contribution in [3.05, 3.63) is 0 Å². The largest absolute Gasteiger partial charge is 0.309 e. The number of nitrogens with zero attached hydrogens (tertiary/aromatic N) is 1. The Balaban J connectivity index is -0.000000428. The minimum atomic E-state index is 0.209. The zero-order chi connectivity index (χ0) is 57.6. The molecule has 0 saturated heterocycles. The van der Waals surface area contributed by atoms with E-state index in [-0.39, 0.29) is 16.6 Å². The maximum absolute atomic E-state index is 3.79. The molecule has 0 amide bonds. The van der Waals surface area contributed by atoms with Gasteiger partial charge in [-0.3, -0.25) is 4.90 Å². The standard InChI is InChI=1S/C16H35NS2.2C15H33NS2.C14H31NS2/c1-13(2)18-11-9-14(17-15(3,4)5)10-12-19-16(6,7)8;1-13(2)16(9-11-17-14(3,4)5)10-12-18-15(6,7)8;1-12(2)17-10-9-13(16-14(3,4)5)11-18-15(6,7)8;1-11(2)16-9-12(15-13(3,4)5)10-17-14(6,7)8/h13-14,17H,9-12H2,1-8H3;13H,9-12H2,1-8H3;12-13,16H,9-11H2,1-8H3;11-12,15H,9-10H2,1-8H3. The maximum Gasteiger partial charge on any atom is 0.0253 e. The van der Waals surface area contributed by atoms with Gasteiger partial charge in [0.2, 0.25) is 0 Å². The van der Waals surface area contributed by atoms with E-state index in [1.54, 1.807) is 0 Å². The van der Waals surface area contributed by atoms with Crippen LogP contribution in [-0.4, -0.2) is 144 Å². The van der Waals surface area contributed by atoms with Gasteiger partial charge in [-0.1, -0.05) is 145 Å². The van der Waals surface area contributed by atoms with Gasteiger partial charge < -0.3 is 16.0 Å². The third-order valence-electron chi connectivity index (χ3n) is 9.37. The van der Waals surface area contributed by atoms with Crippen molar-refractivity contribution in [1.29, 1.82) is 0 Å². The van der Waals surface area contributed by atoms with Crippen molar-refractivity contribution in [3.63, 3.8) is 0 Å². The lowest BCUT2D eigenvalue weighted by atomic mass is 10.0. The SMILES string of the molecule is CC(C)N(CCSC(C)(C)C)CCSC(C)(C)C.CC(C)SCC(CSC(C)(C)C)NC(C)(C)C.CC(C)SCCC(CCSC(C)(C)C)NC(C)(C)C.CC(C)SCCC(CSC(C)(C)C)NC(C)(C)C. The van der Waals surface area contributed by atoms with Crippen molar-refractivity contribution in [2.75, 3.05) is 59.1 Å². The molecule has 0 aliphatic carbocycles. The Morgan fingerprint density at radius 1 is 0.306 bits per heavy atom. The smallest absolute Gasteiger partial charge is 0.0253 e. The molecule has 0 bridgehead atoms. The van der Waals surface area contributed by atoms with Gasteiger partial charge in [0, 0.05) is 106 Å². The Labute approximate surface area is 491 Å². The molecule has 0 aromatic rings.